The van der Waals surface area contributed by atoms with Crippen LogP contribution >= 0.6 is 11.3 Å². The molecule has 2 amide bonds. The second-order valence-electron chi connectivity index (χ2n) is 5.91. The van der Waals surface area contributed by atoms with Gasteiger partial charge in [0, 0.05) is 24.6 Å². The molecule has 1 atom stereocenters. The molecule has 0 fully saturated rings. The van der Waals surface area contributed by atoms with Gasteiger partial charge < -0.3 is 10.6 Å². The first-order chi connectivity index (χ1) is 11.6. The summed E-state index contributed by atoms with van der Waals surface area (Å²) >= 11 is 1.65. The molecule has 5 heteroatoms. The second-order valence-corrected chi connectivity index (χ2v) is 6.69. The molecular weight excluding hydrogens is 320 g/mol. The second kappa shape index (κ2) is 9.23. The predicted octanol–water partition coefficient (Wildman–Crippen LogP) is 3.98. The molecule has 0 aliphatic rings. The minimum absolute atomic E-state index is 0.00883. The first-order valence-electron chi connectivity index (χ1n) is 8.26. The summed E-state index contributed by atoms with van der Waals surface area (Å²) < 4.78 is 0. The van der Waals surface area contributed by atoms with Crippen LogP contribution in [0.5, 0.6) is 0 Å². The van der Waals surface area contributed by atoms with Gasteiger partial charge in [0.05, 0.1) is 0 Å². The summed E-state index contributed by atoms with van der Waals surface area (Å²) in [6.07, 6.45) is 2.06. The predicted molar refractivity (Wildman–Crippen MR) is 99.0 cm³/mol. The Morgan fingerprint density at radius 3 is 2.75 bits per heavy atom. The number of hydrogen-bond donors (Lipinski definition) is 2. The fraction of sp³-hybridized carbons (Fsp3) is 0.368. The molecule has 0 aliphatic carbocycles. The molecule has 0 spiro atoms. The van der Waals surface area contributed by atoms with E-state index in [-0.39, 0.29) is 17.7 Å². The zero-order valence-corrected chi connectivity index (χ0v) is 15.0. The van der Waals surface area contributed by atoms with E-state index in [2.05, 4.69) is 16.0 Å². The van der Waals surface area contributed by atoms with E-state index in [4.69, 9.17) is 0 Å². The van der Waals surface area contributed by atoms with Gasteiger partial charge in [0.2, 0.25) is 11.8 Å². The highest BCUT2D eigenvalue weighted by Crippen LogP contribution is 2.13. The summed E-state index contributed by atoms with van der Waals surface area (Å²) in [6, 6.07) is 9.64. The molecule has 0 saturated carbocycles. The monoisotopic (exact) mass is 344 g/mol. The lowest BCUT2D eigenvalue weighted by Crippen LogP contribution is -2.23. The molecule has 0 saturated heterocycles. The van der Waals surface area contributed by atoms with Gasteiger partial charge in [-0.1, -0.05) is 26.0 Å². The summed E-state index contributed by atoms with van der Waals surface area (Å²) in [5.74, 6) is 0.0511. The van der Waals surface area contributed by atoms with Crippen molar-refractivity contribution < 1.29 is 9.59 Å². The van der Waals surface area contributed by atoms with E-state index >= 15 is 0 Å². The van der Waals surface area contributed by atoms with Gasteiger partial charge in [0.15, 0.2) is 0 Å². The Hall–Kier alpha value is -2.14. The van der Waals surface area contributed by atoms with Gasteiger partial charge in [-0.25, -0.2) is 0 Å². The molecule has 0 radical (unpaired) electrons. The van der Waals surface area contributed by atoms with E-state index in [1.807, 2.05) is 49.6 Å². The number of carbonyl (C=O) groups is 2. The Morgan fingerprint density at radius 2 is 2.04 bits per heavy atom. The van der Waals surface area contributed by atoms with Gasteiger partial charge in [0.25, 0.3) is 0 Å². The number of amides is 2. The maximum atomic E-state index is 11.9. The van der Waals surface area contributed by atoms with Crippen molar-refractivity contribution in [2.24, 2.45) is 5.92 Å². The molecule has 2 N–H and O–H groups in total. The Balaban J connectivity index is 1.81. The van der Waals surface area contributed by atoms with Crippen molar-refractivity contribution >= 4 is 28.8 Å². The van der Waals surface area contributed by atoms with E-state index in [1.165, 1.54) is 5.56 Å². The zero-order chi connectivity index (χ0) is 17.4. The topological polar surface area (TPSA) is 58.2 Å². The van der Waals surface area contributed by atoms with Crippen molar-refractivity contribution in [2.75, 3.05) is 5.32 Å². The van der Waals surface area contributed by atoms with Crippen molar-refractivity contribution in [3.63, 3.8) is 0 Å². The van der Waals surface area contributed by atoms with Crippen molar-refractivity contribution in [1.29, 1.82) is 0 Å². The fourth-order valence-corrected chi connectivity index (χ4v) is 2.89. The van der Waals surface area contributed by atoms with Crippen LogP contribution in [-0.4, -0.2) is 11.8 Å². The molecular formula is C19H24N2O2S. The average Bonchev–Trinajstić information content (AvgIpc) is 3.11. The molecule has 128 valence electrons. The molecule has 1 aromatic carbocycles. The molecule has 24 heavy (non-hydrogen) atoms. The largest absolute Gasteiger partial charge is 0.352 e. The molecule has 4 nitrogen and oxygen atoms in total. The van der Waals surface area contributed by atoms with Gasteiger partial charge in [-0.15, -0.1) is 0 Å². The highest BCUT2D eigenvalue weighted by molar-refractivity contribution is 7.07. The van der Waals surface area contributed by atoms with Crippen LogP contribution in [0.15, 0.2) is 41.1 Å². The summed E-state index contributed by atoms with van der Waals surface area (Å²) in [7, 11) is 0. The fourth-order valence-electron chi connectivity index (χ4n) is 2.19. The Bertz CT molecular complexity index is 668. The van der Waals surface area contributed by atoms with Crippen LogP contribution in [0.2, 0.25) is 0 Å². The normalized spacial score (nSPS) is 11.8. The number of thiophene rings is 1. The first kappa shape index (κ1) is 18.2. The standard InChI is InChI=1S/C19H24N2O2S/c1-3-14(2)19(23)21-17-6-4-5-16(11-17)12-20-18(22)8-7-15-9-10-24-13-15/h4-6,9-11,13-14H,3,7-8,12H2,1-2H3,(H,20,22)(H,21,23)/t14-/m1/s1. The summed E-state index contributed by atoms with van der Waals surface area (Å²) in [6.45, 7) is 4.37. The van der Waals surface area contributed by atoms with Crippen LogP contribution in [0, 0.1) is 5.92 Å². The summed E-state index contributed by atoms with van der Waals surface area (Å²) in [5.41, 5.74) is 2.94. The minimum atomic E-state index is -0.00883. The zero-order valence-electron chi connectivity index (χ0n) is 14.2. The van der Waals surface area contributed by atoms with E-state index in [1.54, 1.807) is 11.3 Å². The lowest BCUT2D eigenvalue weighted by Gasteiger charge is -2.11. The molecule has 0 unspecified atom stereocenters. The number of anilines is 1. The molecule has 2 aromatic rings. The third-order valence-corrected chi connectivity index (χ3v) is 4.70. The van der Waals surface area contributed by atoms with Crippen LogP contribution in [0.25, 0.3) is 0 Å². The van der Waals surface area contributed by atoms with E-state index in [0.717, 1.165) is 24.1 Å². The van der Waals surface area contributed by atoms with Crippen molar-refractivity contribution in [1.82, 2.24) is 5.32 Å². The Labute approximate surface area is 147 Å². The van der Waals surface area contributed by atoms with Crippen LogP contribution in [0.1, 0.15) is 37.8 Å². The van der Waals surface area contributed by atoms with E-state index in [0.29, 0.717) is 13.0 Å². The third-order valence-electron chi connectivity index (χ3n) is 3.96. The lowest BCUT2D eigenvalue weighted by molar-refractivity contribution is -0.121. The highest BCUT2D eigenvalue weighted by Gasteiger charge is 2.10. The van der Waals surface area contributed by atoms with Gasteiger partial charge in [-0.05, 0) is 52.9 Å². The van der Waals surface area contributed by atoms with Gasteiger partial charge in [-0.2, -0.15) is 11.3 Å². The van der Waals surface area contributed by atoms with Crippen LogP contribution in [0.4, 0.5) is 5.69 Å². The number of benzene rings is 1. The van der Waals surface area contributed by atoms with Crippen LogP contribution < -0.4 is 10.6 Å². The molecule has 2 rings (SSSR count). The summed E-state index contributed by atoms with van der Waals surface area (Å²) in [4.78, 5) is 23.9. The number of aryl methyl sites for hydroxylation is 1. The number of rotatable bonds is 8. The Kier molecular flexibility index (Phi) is 7.00. The number of nitrogens with one attached hydrogen (secondary N) is 2. The summed E-state index contributed by atoms with van der Waals surface area (Å²) in [5, 5.41) is 9.93. The third kappa shape index (κ3) is 5.81. The molecule has 0 aliphatic heterocycles. The maximum Gasteiger partial charge on any atom is 0.227 e. The van der Waals surface area contributed by atoms with Gasteiger partial charge in [-0.3, -0.25) is 9.59 Å². The van der Waals surface area contributed by atoms with Crippen molar-refractivity contribution in [3.05, 3.63) is 52.2 Å². The van der Waals surface area contributed by atoms with Gasteiger partial charge >= 0.3 is 0 Å². The van der Waals surface area contributed by atoms with E-state index in [9.17, 15) is 9.59 Å². The van der Waals surface area contributed by atoms with Crippen molar-refractivity contribution in [2.45, 2.75) is 39.7 Å². The molecule has 1 heterocycles. The highest BCUT2D eigenvalue weighted by atomic mass is 32.1. The Morgan fingerprint density at radius 1 is 1.21 bits per heavy atom. The average molecular weight is 344 g/mol. The van der Waals surface area contributed by atoms with Crippen LogP contribution in [-0.2, 0) is 22.6 Å². The maximum absolute atomic E-state index is 11.9. The number of carbonyl (C=O) groups excluding carboxylic acids is 2. The smallest absolute Gasteiger partial charge is 0.227 e. The van der Waals surface area contributed by atoms with Crippen LogP contribution in [0.3, 0.4) is 0 Å². The molecule has 0 bridgehead atoms. The first-order valence-corrected chi connectivity index (χ1v) is 9.20. The minimum Gasteiger partial charge on any atom is -0.352 e. The number of hydrogen-bond acceptors (Lipinski definition) is 3. The molecule has 1 aromatic heterocycles. The van der Waals surface area contributed by atoms with Crippen molar-refractivity contribution in [3.8, 4) is 0 Å². The quantitative estimate of drug-likeness (QED) is 0.761. The van der Waals surface area contributed by atoms with Gasteiger partial charge in [0.1, 0.15) is 0 Å². The SMILES string of the molecule is CC[C@@H](C)C(=O)Nc1cccc(CNC(=O)CCc2ccsc2)c1. The van der Waals surface area contributed by atoms with E-state index < -0.39 is 0 Å². The lowest BCUT2D eigenvalue weighted by atomic mass is 10.1.